The molecule has 3 aromatic rings. The molecule has 24 heavy (non-hydrogen) atoms. The van der Waals surface area contributed by atoms with Crippen LogP contribution in [0.15, 0.2) is 90.0 Å². The van der Waals surface area contributed by atoms with E-state index in [0.29, 0.717) is 5.56 Å². The topological polar surface area (TPSA) is 53.5 Å². The third-order valence-electron chi connectivity index (χ3n) is 3.39. The van der Waals surface area contributed by atoms with E-state index in [9.17, 15) is 4.79 Å². The summed E-state index contributed by atoms with van der Waals surface area (Å²) in [4.78, 5) is 12.1. The number of hydrogen-bond donors (Lipinski definition) is 2. The van der Waals surface area contributed by atoms with E-state index in [2.05, 4.69) is 15.8 Å². The number of amides is 1. The highest BCUT2D eigenvalue weighted by Gasteiger charge is 2.04. The molecule has 0 aliphatic heterocycles. The van der Waals surface area contributed by atoms with Gasteiger partial charge in [0.15, 0.2) is 0 Å². The first-order valence-corrected chi connectivity index (χ1v) is 7.62. The molecule has 0 aliphatic rings. The van der Waals surface area contributed by atoms with Crippen LogP contribution >= 0.6 is 0 Å². The van der Waals surface area contributed by atoms with E-state index in [-0.39, 0.29) is 5.91 Å². The van der Waals surface area contributed by atoms with Gasteiger partial charge in [-0.25, -0.2) is 5.43 Å². The van der Waals surface area contributed by atoms with E-state index >= 15 is 0 Å². The van der Waals surface area contributed by atoms with Gasteiger partial charge >= 0.3 is 0 Å². The highest BCUT2D eigenvalue weighted by Crippen LogP contribution is 2.16. The Kier molecular flexibility index (Phi) is 5.00. The molecule has 0 aromatic heterocycles. The van der Waals surface area contributed by atoms with Crippen LogP contribution in [0.25, 0.3) is 0 Å². The molecule has 3 rings (SSSR count). The molecular formula is C20H17N3O. The zero-order valence-electron chi connectivity index (χ0n) is 13.0. The lowest BCUT2D eigenvalue weighted by atomic mass is 10.2. The van der Waals surface area contributed by atoms with E-state index in [1.54, 1.807) is 18.3 Å². The van der Waals surface area contributed by atoms with Gasteiger partial charge in [-0.15, -0.1) is 0 Å². The Bertz CT molecular complexity index is 813. The van der Waals surface area contributed by atoms with Crippen molar-refractivity contribution >= 4 is 23.5 Å². The number of carbonyl (C=O) groups is 1. The maximum absolute atomic E-state index is 12.1. The quantitative estimate of drug-likeness (QED) is 0.548. The number of anilines is 2. The van der Waals surface area contributed by atoms with Crippen LogP contribution in [-0.4, -0.2) is 12.1 Å². The SMILES string of the molecule is O=C(N/N=C/c1ccccc1)c1ccc(Nc2ccccc2)cc1. The summed E-state index contributed by atoms with van der Waals surface area (Å²) in [6.45, 7) is 0. The van der Waals surface area contributed by atoms with Crippen molar-refractivity contribution in [2.24, 2.45) is 5.10 Å². The van der Waals surface area contributed by atoms with Crippen molar-refractivity contribution in [2.45, 2.75) is 0 Å². The van der Waals surface area contributed by atoms with Crippen molar-refractivity contribution in [1.29, 1.82) is 0 Å². The Morgan fingerprint density at radius 3 is 2.00 bits per heavy atom. The summed E-state index contributed by atoms with van der Waals surface area (Å²) in [6, 6.07) is 26.7. The van der Waals surface area contributed by atoms with Gasteiger partial charge < -0.3 is 5.32 Å². The van der Waals surface area contributed by atoms with Crippen LogP contribution in [0.5, 0.6) is 0 Å². The Morgan fingerprint density at radius 2 is 1.33 bits per heavy atom. The molecule has 4 nitrogen and oxygen atoms in total. The molecule has 0 saturated heterocycles. The van der Waals surface area contributed by atoms with Crippen LogP contribution in [0.3, 0.4) is 0 Å². The molecule has 2 N–H and O–H groups in total. The van der Waals surface area contributed by atoms with Crippen molar-refractivity contribution < 1.29 is 4.79 Å². The van der Waals surface area contributed by atoms with Crippen LogP contribution in [0.4, 0.5) is 11.4 Å². The molecule has 0 unspecified atom stereocenters. The van der Waals surface area contributed by atoms with E-state index in [1.165, 1.54) is 0 Å². The zero-order valence-corrected chi connectivity index (χ0v) is 13.0. The number of nitrogens with zero attached hydrogens (tertiary/aromatic N) is 1. The maximum Gasteiger partial charge on any atom is 0.271 e. The first-order valence-electron chi connectivity index (χ1n) is 7.62. The molecule has 0 radical (unpaired) electrons. The summed E-state index contributed by atoms with van der Waals surface area (Å²) < 4.78 is 0. The van der Waals surface area contributed by atoms with Crippen LogP contribution < -0.4 is 10.7 Å². The van der Waals surface area contributed by atoms with Crippen LogP contribution in [0.1, 0.15) is 15.9 Å². The fraction of sp³-hybridized carbons (Fsp3) is 0. The van der Waals surface area contributed by atoms with E-state index in [1.807, 2.05) is 72.8 Å². The number of nitrogens with one attached hydrogen (secondary N) is 2. The minimum atomic E-state index is -0.242. The number of rotatable bonds is 5. The average Bonchev–Trinajstić information content (AvgIpc) is 2.64. The molecule has 0 spiro atoms. The molecule has 4 heteroatoms. The van der Waals surface area contributed by atoms with E-state index in [0.717, 1.165) is 16.9 Å². The van der Waals surface area contributed by atoms with Gasteiger partial charge in [0.1, 0.15) is 0 Å². The second-order valence-corrected chi connectivity index (χ2v) is 5.18. The van der Waals surface area contributed by atoms with Crippen molar-refractivity contribution in [3.8, 4) is 0 Å². The van der Waals surface area contributed by atoms with Crippen molar-refractivity contribution in [3.63, 3.8) is 0 Å². The molecule has 0 fully saturated rings. The van der Waals surface area contributed by atoms with Gasteiger partial charge in [-0.3, -0.25) is 4.79 Å². The molecule has 0 heterocycles. The zero-order chi connectivity index (χ0) is 16.6. The van der Waals surface area contributed by atoms with Gasteiger partial charge in [0.2, 0.25) is 0 Å². The third-order valence-corrected chi connectivity index (χ3v) is 3.39. The molecule has 3 aromatic carbocycles. The van der Waals surface area contributed by atoms with Gasteiger partial charge in [-0.05, 0) is 42.0 Å². The number of hydrazone groups is 1. The van der Waals surface area contributed by atoms with Crippen LogP contribution in [0.2, 0.25) is 0 Å². The normalized spacial score (nSPS) is 10.5. The largest absolute Gasteiger partial charge is 0.356 e. The van der Waals surface area contributed by atoms with Gasteiger partial charge in [0, 0.05) is 16.9 Å². The predicted molar refractivity (Wildman–Crippen MR) is 97.7 cm³/mol. The monoisotopic (exact) mass is 315 g/mol. The first kappa shape index (κ1) is 15.5. The Morgan fingerprint density at radius 1 is 0.750 bits per heavy atom. The minimum Gasteiger partial charge on any atom is -0.356 e. The number of para-hydroxylation sites is 1. The second kappa shape index (κ2) is 7.74. The highest BCUT2D eigenvalue weighted by molar-refractivity contribution is 5.95. The van der Waals surface area contributed by atoms with Gasteiger partial charge in [0.25, 0.3) is 5.91 Å². The number of benzene rings is 3. The number of hydrogen-bond acceptors (Lipinski definition) is 3. The van der Waals surface area contributed by atoms with Crippen molar-refractivity contribution in [3.05, 3.63) is 96.1 Å². The molecular weight excluding hydrogens is 298 g/mol. The molecule has 0 saturated carbocycles. The summed E-state index contributed by atoms with van der Waals surface area (Å²) in [7, 11) is 0. The maximum atomic E-state index is 12.1. The number of carbonyl (C=O) groups excluding carboxylic acids is 1. The minimum absolute atomic E-state index is 0.242. The summed E-state index contributed by atoms with van der Waals surface area (Å²) in [5.41, 5.74) is 5.94. The predicted octanol–water partition coefficient (Wildman–Crippen LogP) is 4.19. The van der Waals surface area contributed by atoms with Crippen LogP contribution in [-0.2, 0) is 0 Å². The first-order chi connectivity index (χ1) is 11.8. The van der Waals surface area contributed by atoms with E-state index in [4.69, 9.17) is 0 Å². The molecule has 0 atom stereocenters. The van der Waals surface area contributed by atoms with Gasteiger partial charge in [0.05, 0.1) is 6.21 Å². The summed E-state index contributed by atoms with van der Waals surface area (Å²) in [5.74, 6) is -0.242. The molecule has 0 aliphatic carbocycles. The lowest BCUT2D eigenvalue weighted by molar-refractivity contribution is 0.0955. The summed E-state index contributed by atoms with van der Waals surface area (Å²) >= 11 is 0. The second-order valence-electron chi connectivity index (χ2n) is 5.18. The van der Waals surface area contributed by atoms with Crippen molar-refractivity contribution in [2.75, 3.05) is 5.32 Å². The third kappa shape index (κ3) is 4.30. The molecule has 118 valence electrons. The van der Waals surface area contributed by atoms with E-state index < -0.39 is 0 Å². The van der Waals surface area contributed by atoms with Gasteiger partial charge in [-0.2, -0.15) is 5.10 Å². The molecule has 0 bridgehead atoms. The van der Waals surface area contributed by atoms with Crippen LogP contribution in [0, 0.1) is 0 Å². The Balaban J connectivity index is 1.58. The summed E-state index contributed by atoms with van der Waals surface area (Å²) in [6.07, 6.45) is 1.61. The van der Waals surface area contributed by atoms with Crippen molar-refractivity contribution in [1.82, 2.24) is 5.43 Å². The van der Waals surface area contributed by atoms with Gasteiger partial charge in [-0.1, -0.05) is 48.5 Å². The highest BCUT2D eigenvalue weighted by atomic mass is 16.2. The lowest BCUT2D eigenvalue weighted by Gasteiger charge is -2.07. The standard InChI is InChI=1S/C20H17N3O/c24-20(23-21-15-16-7-3-1-4-8-16)17-11-13-19(14-12-17)22-18-9-5-2-6-10-18/h1-15,22H,(H,23,24)/b21-15+. The Labute approximate surface area is 140 Å². The average molecular weight is 315 g/mol. The fourth-order valence-corrected chi connectivity index (χ4v) is 2.16. The lowest BCUT2D eigenvalue weighted by Crippen LogP contribution is -2.17. The Hall–Kier alpha value is -3.40. The molecule has 1 amide bonds. The summed E-state index contributed by atoms with van der Waals surface area (Å²) in [5, 5.41) is 7.24. The smallest absolute Gasteiger partial charge is 0.271 e. The fourth-order valence-electron chi connectivity index (χ4n) is 2.16.